The number of ketones is 2. The van der Waals surface area contributed by atoms with Crippen LogP contribution < -0.4 is 4.87 Å². The van der Waals surface area contributed by atoms with Crippen molar-refractivity contribution in [3.63, 3.8) is 0 Å². The molecular weight excluding hydrogens is 402 g/mol. The number of carbonyl (C=O) groups is 2. The third-order valence-electron chi connectivity index (χ3n) is 4.71. The number of carbonyl (C=O) groups excluding carboxylic acids is 2. The van der Waals surface area contributed by atoms with Crippen LogP contribution in [-0.4, -0.2) is 16.6 Å². The van der Waals surface area contributed by atoms with E-state index in [2.05, 4.69) is 4.98 Å². The van der Waals surface area contributed by atoms with Gasteiger partial charge in [0.05, 0.1) is 20.7 Å². The van der Waals surface area contributed by atoms with Crippen molar-refractivity contribution in [2.24, 2.45) is 0 Å². The number of thiazole rings is 1. The summed E-state index contributed by atoms with van der Waals surface area (Å²) in [5.41, 5.74) is 2.08. The predicted octanol–water partition coefficient (Wildman–Crippen LogP) is 4.66. The Bertz CT molecular complexity index is 1220. The number of rotatable bonds is 1. The molecule has 0 fully saturated rings. The van der Waals surface area contributed by atoms with Crippen molar-refractivity contribution in [3.8, 4) is 0 Å². The lowest BCUT2D eigenvalue weighted by Gasteiger charge is -2.30. The number of thioether (sulfide) groups is 1. The highest BCUT2D eigenvalue weighted by Crippen LogP contribution is 2.51. The van der Waals surface area contributed by atoms with Gasteiger partial charge in [-0.1, -0.05) is 71.1 Å². The van der Waals surface area contributed by atoms with Gasteiger partial charge in [-0.2, -0.15) is 0 Å². The van der Waals surface area contributed by atoms with Gasteiger partial charge in [-0.15, -0.1) is 0 Å². The molecule has 5 rings (SSSR count). The van der Waals surface area contributed by atoms with Crippen LogP contribution >= 0.6 is 34.7 Å². The zero-order valence-corrected chi connectivity index (χ0v) is 16.0. The lowest BCUT2D eigenvalue weighted by Crippen LogP contribution is -2.27. The number of hydrogen-bond donors (Lipinski definition) is 1. The summed E-state index contributed by atoms with van der Waals surface area (Å²) in [6, 6.07) is 14.0. The van der Waals surface area contributed by atoms with Crippen molar-refractivity contribution < 1.29 is 9.59 Å². The summed E-state index contributed by atoms with van der Waals surface area (Å²) in [6.45, 7) is 0. The fourth-order valence-corrected chi connectivity index (χ4v) is 5.93. The summed E-state index contributed by atoms with van der Waals surface area (Å²) in [4.78, 5) is 42.2. The molecule has 1 N–H and O–H groups in total. The Morgan fingerprint density at radius 2 is 1.56 bits per heavy atom. The third kappa shape index (κ3) is 2.48. The Balaban J connectivity index is 1.79. The second-order valence-electron chi connectivity index (χ2n) is 6.24. The molecule has 0 bridgehead atoms. The maximum absolute atomic E-state index is 13.3. The zero-order valence-electron chi connectivity index (χ0n) is 13.6. The van der Waals surface area contributed by atoms with Crippen molar-refractivity contribution in [2.45, 2.75) is 10.9 Å². The predicted molar refractivity (Wildman–Crippen MR) is 106 cm³/mol. The van der Waals surface area contributed by atoms with Gasteiger partial charge in [0.15, 0.2) is 5.78 Å². The fraction of sp³-hybridized carbons (Fsp3) is 0.0500. The van der Waals surface area contributed by atoms with Gasteiger partial charge in [-0.05, 0) is 17.7 Å². The quantitative estimate of drug-likeness (QED) is 0.632. The summed E-state index contributed by atoms with van der Waals surface area (Å²) < 4.78 is 0. The molecule has 0 unspecified atom stereocenters. The van der Waals surface area contributed by atoms with Crippen LogP contribution in [0.15, 0.2) is 68.8 Å². The molecule has 3 aromatic rings. The van der Waals surface area contributed by atoms with Crippen LogP contribution in [0.25, 0.3) is 0 Å². The lowest BCUT2D eigenvalue weighted by atomic mass is 9.79. The average molecular weight is 412 g/mol. The second kappa shape index (κ2) is 6.05. The first-order chi connectivity index (χ1) is 13.0. The number of allylic oxidation sites excluding steroid dienone is 2. The van der Waals surface area contributed by atoms with Crippen LogP contribution in [0, 0.1) is 0 Å². The molecule has 2 aliphatic rings. The minimum atomic E-state index is -0.470. The van der Waals surface area contributed by atoms with E-state index >= 15 is 0 Å². The maximum Gasteiger partial charge on any atom is 0.305 e. The van der Waals surface area contributed by atoms with Crippen LogP contribution in [0.3, 0.4) is 0 Å². The summed E-state index contributed by atoms with van der Waals surface area (Å²) >= 11 is 8.27. The van der Waals surface area contributed by atoms with Crippen molar-refractivity contribution in [1.29, 1.82) is 0 Å². The Morgan fingerprint density at radius 3 is 2.26 bits per heavy atom. The smallest absolute Gasteiger partial charge is 0.305 e. The van der Waals surface area contributed by atoms with Crippen molar-refractivity contribution in [2.75, 3.05) is 0 Å². The van der Waals surface area contributed by atoms with Crippen LogP contribution in [0.1, 0.15) is 37.1 Å². The van der Waals surface area contributed by atoms with E-state index in [0.29, 0.717) is 31.7 Å². The minimum absolute atomic E-state index is 0.167. The number of aromatic nitrogens is 1. The molecule has 2 heterocycles. The number of benzene rings is 2. The topological polar surface area (TPSA) is 67.0 Å². The number of nitrogens with one attached hydrogen (secondary N) is 1. The number of hydrogen-bond acceptors (Lipinski definition) is 5. The number of H-pyrrole nitrogens is 1. The molecule has 1 aromatic heterocycles. The number of Topliss-reactive ketones (excluding diaryl/α,β-unsaturated/α-hetero) is 2. The monoisotopic (exact) mass is 411 g/mol. The van der Waals surface area contributed by atoms with Gasteiger partial charge in [-0.25, -0.2) is 0 Å². The van der Waals surface area contributed by atoms with Gasteiger partial charge in [-0.3, -0.25) is 14.4 Å². The Morgan fingerprint density at radius 1 is 0.889 bits per heavy atom. The van der Waals surface area contributed by atoms with E-state index in [1.165, 1.54) is 11.8 Å². The molecule has 1 aliphatic heterocycles. The maximum atomic E-state index is 13.3. The fourth-order valence-electron chi connectivity index (χ4n) is 3.53. The lowest BCUT2D eigenvalue weighted by molar-refractivity contribution is 0.0977. The van der Waals surface area contributed by atoms with Gasteiger partial charge in [0, 0.05) is 21.7 Å². The van der Waals surface area contributed by atoms with Crippen LogP contribution in [-0.2, 0) is 0 Å². The molecule has 0 spiro atoms. The van der Waals surface area contributed by atoms with Crippen molar-refractivity contribution >= 4 is 46.3 Å². The second-order valence-corrected chi connectivity index (χ2v) is 8.71. The van der Waals surface area contributed by atoms with E-state index in [4.69, 9.17) is 11.6 Å². The van der Waals surface area contributed by atoms with Gasteiger partial charge in [0.2, 0.25) is 5.78 Å². The molecule has 132 valence electrons. The largest absolute Gasteiger partial charge is 0.307 e. The van der Waals surface area contributed by atoms with Gasteiger partial charge < -0.3 is 4.98 Å². The highest BCUT2D eigenvalue weighted by molar-refractivity contribution is 8.04. The standard InChI is InChI=1S/C20H10ClNO3S2/c21-10-7-5-9(6-8-10)13-14-15(23)11-3-1-2-4-12(11)16(24)17(14)26-19-18(13)27-20(25)22-19/h1-8,13H,(H,22,25)/t13-/m0/s1. The summed E-state index contributed by atoms with van der Waals surface area (Å²) in [5, 5.41) is 1.21. The van der Waals surface area contributed by atoms with Gasteiger partial charge >= 0.3 is 4.87 Å². The first kappa shape index (κ1) is 16.7. The average Bonchev–Trinajstić information content (AvgIpc) is 3.05. The van der Waals surface area contributed by atoms with E-state index < -0.39 is 5.92 Å². The van der Waals surface area contributed by atoms with Crippen LogP contribution in [0.4, 0.5) is 0 Å². The summed E-state index contributed by atoms with van der Waals surface area (Å²) in [7, 11) is 0. The van der Waals surface area contributed by atoms with E-state index in [-0.39, 0.29) is 16.4 Å². The van der Waals surface area contributed by atoms with E-state index in [1.807, 2.05) is 12.1 Å². The van der Waals surface area contributed by atoms with Gasteiger partial charge in [0.1, 0.15) is 0 Å². The Kier molecular flexibility index (Phi) is 3.75. The first-order valence-corrected chi connectivity index (χ1v) is 10.1. The molecule has 7 heteroatoms. The highest BCUT2D eigenvalue weighted by Gasteiger charge is 2.42. The Labute approximate surface area is 166 Å². The number of halogens is 1. The van der Waals surface area contributed by atoms with Crippen LogP contribution in [0.5, 0.6) is 0 Å². The molecule has 4 nitrogen and oxygen atoms in total. The number of aromatic amines is 1. The molecule has 0 saturated heterocycles. The SMILES string of the molecule is O=C1C2=C(C(=O)c3ccccc31)[C@H](c1ccc(Cl)cc1)c1sc(=O)[nH]c1S2. The van der Waals surface area contributed by atoms with Crippen LogP contribution in [0.2, 0.25) is 5.02 Å². The molecule has 0 radical (unpaired) electrons. The minimum Gasteiger partial charge on any atom is -0.307 e. The summed E-state index contributed by atoms with van der Waals surface area (Å²) in [6.07, 6.45) is 0. The van der Waals surface area contributed by atoms with Crippen molar-refractivity contribution in [3.05, 3.63) is 95.3 Å². The zero-order chi connectivity index (χ0) is 18.7. The Hall–Kier alpha value is -2.41. The van der Waals surface area contributed by atoms with Gasteiger partial charge in [0.25, 0.3) is 0 Å². The third-order valence-corrected chi connectivity index (χ3v) is 7.18. The first-order valence-electron chi connectivity index (χ1n) is 8.13. The number of fused-ring (bicyclic) bond motifs is 2. The normalized spacial score (nSPS) is 18.2. The molecule has 27 heavy (non-hydrogen) atoms. The molecule has 1 aliphatic carbocycles. The summed E-state index contributed by atoms with van der Waals surface area (Å²) in [5.74, 6) is -0.816. The molecule has 1 atom stereocenters. The van der Waals surface area contributed by atoms with Crippen molar-refractivity contribution in [1.82, 2.24) is 4.98 Å². The van der Waals surface area contributed by atoms with E-state index in [1.54, 1.807) is 36.4 Å². The molecule has 0 saturated carbocycles. The molecule has 0 amide bonds. The highest BCUT2D eigenvalue weighted by atomic mass is 35.5. The van der Waals surface area contributed by atoms with E-state index in [0.717, 1.165) is 21.8 Å². The van der Waals surface area contributed by atoms with E-state index in [9.17, 15) is 14.4 Å². The molecule has 2 aromatic carbocycles. The molecular formula is C20H10ClNO3S2.